The molecular formula is C11H24NO3Ti-. The van der Waals surface area contributed by atoms with Crippen molar-refractivity contribution < 1.29 is 37.0 Å². The van der Waals surface area contributed by atoms with Crippen LogP contribution in [0.3, 0.4) is 0 Å². The topological polar surface area (TPSA) is 74.8 Å². The van der Waals surface area contributed by atoms with Gasteiger partial charge >= 0.3 is 0 Å². The second-order valence-corrected chi connectivity index (χ2v) is 2.53. The van der Waals surface area contributed by atoms with Crippen LogP contribution in [0.15, 0.2) is 0 Å². The van der Waals surface area contributed by atoms with Crippen LogP contribution in [-0.4, -0.2) is 36.6 Å². The van der Waals surface area contributed by atoms with E-state index in [-0.39, 0.29) is 21.7 Å². The first-order valence-electron chi connectivity index (χ1n) is 4.54. The van der Waals surface area contributed by atoms with E-state index in [2.05, 4.69) is 32.7 Å². The summed E-state index contributed by atoms with van der Waals surface area (Å²) in [5, 5.41) is 21.0. The van der Waals surface area contributed by atoms with Crippen molar-refractivity contribution in [1.82, 2.24) is 4.98 Å². The number of hydrogen-bond acceptors (Lipinski definition) is 3. The fraction of sp³-hybridized carbons (Fsp3) is 0.636. The second-order valence-electron chi connectivity index (χ2n) is 2.53. The van der Waals surface area contributed by atoms with Crippen LogP contribution in [0.2, 0.25) is 0 Å². The average molecular weight is 266 g/mol. The number of hydrogen-bond donors (Lipinski definition) is 3. The Morgan fingerprint density at radius 3 is 0.875 bits per heavy atom. The van der Waals surface area contributed by atoms with Gasteiger partial charge < -0.3 is 20.3 Å². The molecular weight excluding hydrogens is 242 g/mol. The molecule has 1 rings (SSSR count). The van der Waals surface area contributed by atoms with Crippen LogP contribution in [0.4, 0.5) is 0 Å². The van der Waals surface area contributed by atoms with E-state index in [0.717, 1.165) is 21.3 Å². The van der Waals surface area contributed by atoms with Crippen LogP contribution >= 0.6 is 0 Å². The molecule has 0 aliphatic rings. The van der Waals surface area contributed by atoms with Crippen molar-refractivity contribution in [2.24, 2.45) is 0 Å². The third-order valence-electron chi connectivity index (χ3n) is 1.98. The van der Waals surface area contributed by atoms with E-state index in [1.54, 1.807) is 0 Å². The summed E-state index contributed by atoms with van der Waals surface area (Å²) in [5.41, 5.74) is 5.02. The smallest absolute Gasteiger partial charge is 0.0319 e. The predicted octanol–water partition coefficient (Wildman–Crippen LogP) is 0.700. The summed E-state index contributed by atoms with van der Waals surface area (Å²) < 4.78 is 0. The van der Waals surface area contributed by atoms with E-state index in [4.69, 9.17) is 15.3 Å². The summed E-state index contributed by atoms with van der Waals surface area (Å²) in [5.74, 6) is 0. The summed E-state index contributed by atoms with van der Waals surface area (Å²) in [6, 6.07) is 0. The number of aryl methyl sites for hydroxylation is 2. The third-order valence-corrected chi connectivity index (χ3v) is 1.98. The maximum atomic E-state index is 7.00. The molecule has 1 aromatic heterocycles. The van der Waals surface area contributed by atoms with E-state index < -0.39 is 0 Å². The van der Waals surface area contributed by atoms with Crippen LogP contribution in [0, 0.1) is 27.7 Å². The van der Waals surface area contributed by atoms with Gasteiger partial charge in [0.2, 0.25) is 0 Å². The summed E-state index contributed by atoms with van der Waals surface area (Å²) in [6.45, 7) is 8.33. The average Bonchev–Trinajstić information content (AvgIpc) is 2.54. The SMILES string of the molecule is CO.CO.CO.Cc1[n-]c(C)c(C)c1C.[Ti]. The summed E-state index contributed by atoms with van der Waals surface area (Å²) in [6.07, 6.45) is 0. The minimum atomic E-state index is 0. The van der Waals surface area contributed by atoms with Crippen molar-refractivity contribution in [3.8, 4) is 0 Å². The van der Waals surface area contributed by atoms with Crippen LogP contribution in [-0.2, 0) is 21.7 Å². The Bertz CT molecular complexity index is 215. The van der Waals surface area contributed by atoms with Crippen molar-refractivity contribution >= 4 is 0 Å². The Hall–Kier alpha value is -0.126. The quantitative estimate of drug-likeness (QED) is 0.604. The number of aromatic nitrogens is 1. The van der Waals surface area contributed by atoms with Crippen LogP contribution in [0.5, 0.6) is 0 Å². The zero-order valence-electron chi connectivity index (χ0n) is 11.3. The number of aliphatic hydroxyl groups is 3. The molecule has 3 N–H and O–H groups in total. The fourth-order valence-electron chi connectivity index (χ4n) is 0.962. The molecule has 0 fully saturated rings. The van der Waals surface area contributed by atoms with Gasteiger partial charge in [0, 0.05) is 43.0 Å². The van der Waals surface area contributed by atoms with E-state index in [1.165, 1.54) is 22.5 Å². The zero-order chi connectivity index (χ0) is 13.0. The molecule has 96 valence electrons. The molecule has 0 aliphatic carbocycles. The van der Waals surface area contributed by atoms with Gasteiger partial charge in [0.15, 0.2) is 0 Å². The Morgan fingerprint density at radius 2 is 0.812 bits per heavy atom. The fourth-order valence-corrected chi connectivity index (χ4v) is 0.962. The van der Waals surface area contributed by atoms with Crippen molar-refractivity contribution in [3.63, 3.8) is 0 Å². The van der Waals surface area contributed by atoms with Crippen molar-refractivity contribution in [1.29, 1.82) is 0 Å². The maximum absolute atomic E-state index is 7.00. The van der Waals surface area contributed by atoms with Gasteiger partial charge in [-0.2, -0.15) is 11.4 Å². The number of nitrogens with zero attached hydrogens (tertiary/aromatic N) is 1. The Labute approximate surface area is 114 Å². The zero-order valence-corrected chi connectivity index (χ0v) is 12.9. The molecule has 0 unspecified atom stereocenters. The molecule has 0 radical (unpaired) electrons. The van der Waals surface area contributed by atoms with Gasteiger partial charge in [-0.15, -0.1) is 0 Å². The molecule has 4 nitrogen and oxygen atoms in total. The van der Waals surface area contributed by atoms with E-state index in [0.29, 0.717) is 0 Å². The number of aliphatic hydroxyl groups excluding tert-OH is 3. The van der Waals surface area contributed by atoms with Gasteiger partial charge in [0.05, 0.1) is 0 Å². The Morgan fingerprint density at radius 1 is 0.625 bits per heavy atom. The first-order valence-corrected chi connectivity index (χ1v) is 4.54. The minimum Gasteiger partial charge on any atom is -0.665 e. The van der Waals surface area contributed by atoms with Gasteiger partial charge in [-0.3, -0.25) is 0 Å². The monoisotopic (exact) mass is 266 g/mol. The van der Waals surface area contributed by atoms with Crippen molar-refractivity contribution in [2.75, 3.05) is 21.3 Å². The molecule has 0 bridgehead atoms. The van der Waals surface area contributed by atoms with Gasteiger partial charge in [0.25, 0.3) is 0 Å². The van der Waals surface area contributed by atoms with Crippen LogP contribution in [0.1, 0.15) is 22.5 Å². The molecule has 0 amide bonds. The van der Waals surface area contributed by atoms with Gasteiger partial charge in [-0.05, 0) is 13.8 Å². The Balaban J connectivity index is -0.0000000900. The number of rotatable bonds is 0. The molecule has 0 saturated heterocycles. The Kier molecular flexibility index (Phi) is 26.9. The first kappa shape index (κ1) is 24.9. The predicted molar refractivity (Wildman–Crippen MR) is 63.1 cm³/mol. The molecule has 1 heterocycles. The first-order chi connectivity index (χ1) is 7.13. The second kappa shape index (κ2) is 17.3. The molecule has 5 heteroatoms. The van der Waals surface area contributed by atoms with Crippen LogP contribution < -0.4 is 4.98 Å². The third kappa shape index (κ3) is 9.13. The summed E-state index contributed by atoms with van der Waals surface area (Å²) >= 11 is 0. The van der Waals surface area contributed by atoms with E-state index in [9.17, 15) is 0 Å². The summed E-state index contributed by atoms with van der Waals surface area (Å²) in [4.78, 5) is 4.31. The molecule has 0 aromatic carbocycles. The molecule has 1 aromatic rings. The normalized spacial score (nSPS) is 6.88. The van der Waals surface area contributed by atoms with Gasteiger partial charge in [0.1, 0.15) is 0 Å². The van der Waals surface area contributed by atoms with Crippen molar-refractivity contribution in [3.05, 3.63) is 22.5 Å². The molecule has 0 spiro atoms. The van der Waals surface area contributed by atoms with E-state index in [1.807, 2.05) is 0 Å². The molecule has 0 saturated carbocycles. The summed E-state index contributed by atoms with van der Waals surface area (Å²) in [7, 11) is 3.00. The maximum Gasteiger partial charge on any atom is 0.0319 e. The van der Waals surface area contributed by atoms with Gasteiger partial charge in [-0.1, -0.05) is 25.0 Å². The molecule has 0 atom stereocenters. The molecule has 16 heavy (non-hydrogen) atoms. The minimum absolute atomic E-state index is 0. The van der Waals surface area contributed by atoms with E-state index >= 15 is 0 Å². The largest absolute Gasteiger partial charge is 0.665 e. The standard InChI is InChI=1S/C8H12N.3CH4O.Ti/c1-5-6(2)8(4)9-7(5)3;3*1-2;/h1-4H3;3*2H,1H3;/q-1;;;;. The van der Waals surface area contributed by atoms with Gasteiger partial charge in [-0.25, -0.2) is 0 Å². The van der Waals surface area contributed by atoms with Crippen molar-refractivity contribution in [2.45, 2.75) is 27.7 Å². The van der Waals surface area contributed by atoms with Crippen LogP contribution in [0.25, 0.3) is 0 Å². The molecule has 0 aliphatic heterocycles.